The largest absolute Gasteiger partial charge is 0.493 e. The number of hydrogen-bond donors (Lipinski definition) is 3. The normalized spacial score (nSPS) is 16.7. The fraction of sp³-hybridized carbons (Fsp3) is 0.333. The summed E-state index contributed by atoms with van der Waals surface area (Å²) in [5, 5.41) is 6.35. The van der Waals surface area contributed by atoms with Crippen LogP contribution in [0.5, 0.6) is 11.5 Å². The van der Waals surface area contributed by atoms with Gasteiger partial charge in [0, 0.05) is 42.7 Å². The van der Waals surface area contributed by atoms with E-state index in [1.807, 2.05) is 0 Å². The number of nitrogens with one attached hydrogen (secondary N) is 2. The first-order chi connectivity index (χ1) is 16.4. The predicted octanol–water partition coefficient (Wildman–Crippen LogP) is 2.74. The van der Waals surface area contributed by atoms with Gasteiger partial charge in [-0.2, -0.15) is 0 Å². The van der Waals surface area contributed by atoms with Crippen LogP contribution in [0.1, 0.15) is 22.0 Å². The molecule has 4 rings (SSSR count). The summed E-state index contributed by atoms with van der Waals surface area (Å²) >= 11 is 6.13. The van der Waals surface area contributed by atoms with Crippen LogP contribution >= 0.6 is 11.6 Å². The summed E-state index contributed by atoms with van der Waals surface area (Å²) in [6, 6.07) is 7.42. The highest BCUT2D eigenvalue weighted by Crippen LogP contribution is 2.32. The lowest BCUT2D eigenvalue weighted by Gasteiger charge is -2.39. The molecular formula is C24H26ClFN4O4. The van der Waals surface area contributed by atoms with Gasteiger partial charge in [0.05, 0.1) is 30.4 Å². The minimum absolute atomic E-state index is 0.0640. The molecule has 0 saturated carbocycles. The second-order valence-electron chi connectivity index (χ2n) is 8.25. The van der Waals surface area contributed by atoms with Gasteiger partial charge in [0.2, 0.25) is 0 Å². The van der Waals surface area contributed by atoms with Crippen LogP contribution in [0.3, 0.4) is 0 Å². The fourth-order valence-electron chi connectivity index (χ4n) is 3.81. The number of ether oxygens (including phenoxy) is 2. The minimum Gasteiger partial charge on any atom is -0.493 e. The number of likely N-dealkylation sites (tertiary alicyclic amines) is 1. The van der Waals surface area contributed by atoms with Crippen molar-refractivity contribution in [3.63, 3.8) is 0 Å². The zero-order valence-corrected chi connectivity index (χ0v) is 19.4. The van der Waals surface area contributed by atoms with E-state index in [1.165, 1.54) is 6.07 Å². The molecule has 1 atom stereocenters. The molecule has 2 aromatic carbocycles. The first-order valence-electron chi connectivity index (χ1n) is 10.9. The molecule has 34 heavy (non-hydrogen) atoms. The molecule has 1 unspecified atom stereocenters. The average molecular weight is 489 g/mol. The summed E-state index contributed by atoms with van der Waals surface area (Å²) < 4.78 is 25.9. The monoisotopic (exact) mass is 488 g/mol. The van der Waals surface area contributed by atoms with Crippen molar-refractivity contribution in [3.8, 4) is 11.5 Å². The van der Waals surface area contributed by atoms with Crippen molar-refractivity contribution in [1.82, 2.24) is 10.2 Å². The lowest BCUT2D eigenvalue weighted by Crippen LogP contribution is -2.52. The molecule has 180 valence electrons. The number of carbonyl (C=O) groups is 2. The van der Waals surface area contributed by atoms with Crippen LogP contribution in [-0.2, 0) is 4.79 Å². The maximum atomic E-state index is 14.6. The Labute approximate surface area is 201 Å². The summed E-state index contributed by atoms with van der Waals surface area (Å²) in [6.45, 7) is 1.19. The van der Waals surface area contributed by atoms with Gasteiger partial charge in [-0.05, 0) is 36.5 Å². The SMILES string of the molecule is CN/C=C\C(N)c1cc(Cl)ccc1OCC1CN(C(=O)c2cc3c(cc2F)OCC(=O)CN3)C1. The van der Waals surface area contributed by atoms with E-state index in [2.05, 4.69) is 10.6 Å². The summed E-state index contributed by atoms with van der Waals surface area (Å²) in [7, 11) is 1.78. The van der Waals surface area contributed by atoms with E-state index in [4.69, 9.17) is 26.8 Å². The molecule has 0 aliphatic carbocycles. The number of anilines is 1. The summed E-state index contributed by atoms with van der Waals surface area (Å²) in [5.74, 6) is -0.317. The Hall–Kier alpha value is -3.30. The molecule has 1 amide bonds. The van der Waals surface area contributed by atoms with Crippen molar-refractivity contribution in [2.24, 2.45) is 11.7 Å². The first kappa shape index (κ1) is 23.8. The molecular weight excluding hydrogens is 463 g/mol. The zero-order valence-electron chi connectivity index (χ0n) is 18.6. The second kappa shape index (κ2) is 10.3. The van der Waals surface area contributed by atoms with Crippen LogP contribution in [0.15, 0.2) is 42.6 Å². The van der Waals surface area contributed by atoms with Crippen LogP contribution in [0.25, 0.3) is 0 Å². The molecule has 0 aromatic heterocycles. The number of nitrogens with two attached hydrogens (primary N) is 1. The smallest absolute Gasteiger partial charge is 0.256 e. The molecule has 10 heteroatoms. The van der Waals surface area contributed by atoms with Crippen LogP contribution in [0.2, 0.25) is 5.02 Å². The third-order valence-corrected chi connectivity index (χ3v) is 5.92. The number of ketones is 1. The maximum Gasteiger partial charge on any atom is 0.256 e. The Balaban J connectivity index is 1.36. The van der Waals surface area contributed by atoms with Gasteiger partial charge in [-0.15, -0.1) is 0 Å². The average Bonchev–Trinajstić information content (AvgIpc) is 2.97. The van der Waals surface area contributed by atoms with E-state index in [1.54, 1.807) is 42.4 Å². The fourth-order valence-corrected chi connectivity index (χ4v) is 3.99. The highest BCUT2D eigenvalue weighted by atomic mass is 35.5. The quantitative estimate of drug-likeness (QED) is 0.550. The molecule has 0 spiro atoms. The van der Waals surface area contributed by atoms with Crippen molar-refractivity contribution < 1.29 is 23.5 Å². The molecule has 1 fully saturated rings. The van der Waals surface area contributed by atoms with E-state index in [0.717, 1.165) is 11.6 Å². The minimum atomic E-state index is -0.686. The van der Waals surface area contributed by atoms with Gasteiger partial charge in [0.15, 0.2) is 5.78 Å². The van der Waals surface area contributed by atoms with Crippen LogP contribution in [0.4, 0.5) is 10.1 Å². The van der Waals surface area contributed by atoms with Gasteiger partial charge in [-0.3, -0.25) is 9.59 Å². The molecule has 2 aromatic rings. The second-order valence-corrected chi connectivity index (χ2v) is 8.69. The number of rotatable bonds is 7. The molecule has 2 aliphatic rings. The van der Waals surface area contributed by atoms with Gasteiger partial charge < -0.3 is 30.7 Å². The molecule has 2 aliphatic heterocycles. The van der Waals surface area contributed by atoms with E-state index in [-0.39, 0.29) is 36.2 Å². The van der Waals surface area contributed by atoms with E-state index < -0.39 is 17.8 Å². The van der Waals surface area contributed by atoms with Crippen molar-refractivity contribution in [1.29, 1.82) is 0 Å². The molecule has 0 bridgehead atoms. The van der Waals surface area contributed by atoms with Crippen molar-refractivity contribution in [2.75, 3.05) is 45.2 Å². The number of carbonyl (C=O) groups excluding carboxylic acids is 2. The third-order valence-electron chi connectivity index (χ3n) is 5.68. The standard InChI is InChI=1S/C24H26ClFN4O4/c1-28-5-4-20(27)18-6-15(25)2-3-22(18)33-12-14-10-30(11-14)24(32)17-7-21-23(8-19(17)26)34-13-16(31)9-29-21/h2-8,14,20,28-29H,9-13,27H2,1H3/b5-4-. The molecule has 2 heterocycles. The van der Waals surface area contributed by atoms with Crippen molar-refractivity contribution in [2.45, 2.75) is 6.04 Å². The topological polar surface area (TPSA) is 106 Å². The summed E-state index contributed by atoms with van der Waals surface area (Å²) in [5.41, 5.74) is 7.34. The predicted molar refractivity (Wildman–Crippen MR) is 127 cm³/mol. The van der Waals surface area contributed by atoms with Gasteiger partial charge in [-0.1, -0.05) is 11.6 Å². The van der Waals surface area contributed by atoms with Gasteiger partial charge in [0.1, 0.15) is 23.9 Å². The lowest BCUT2D eigenvalue weighted by atomic mass is 9.99. The number of Topliss-reactive ketones (excluding diaryl/α,β-unsaturated/α-hetero) is 1. The summed E-state index contributed by atoms with van der Waals surface area (Å²) in [6.07, 6.45) is 3.54. The highest BCUT2D eigenvalue weighted by Gasteiger charge is 2.34. The Kier molecular flexibility index (Phi) is 7.23. The molecule has 1 saturated heterocycles. The highest BCUT2D eigenvalue weighted by molar-refractivity contribution is 6.30. The third kappa shape index (κ3) is 5.26. The van der Waals surface area contributed by atoms with E-state index >= 15 is 0 Å². The maximum absolute atomic E-state index is 14.6. The van der Waals surface area contributed by atoms with E-state index in [9.17, 15) is 14.0 Å². The number of hydrogen-bond acceptors (Lipinski definition) is 7. The van der Waals surface area contributed by atoms with Crippen LogP contribution in [-0.4, -0.2) is 56.5 Å². The van der Waals surface area contributed by atoms with Gasteiger partial charge in [0.25, 0.3) is 5.91 Å². The van der Waals surface area contributed by atoms with Gasteiger partial charge >= 0.3 is 0 Å². The van der Waals surface area contributed by atoms with Gasteiger partial charge in [-0.25, -0.2) is 4.39 Å². The Morgan fingerprint density at radius 3 is 2.97 bits per heavy atom. The number of benzene rings is 2. The molecule has 4 N–H and O–H groups in total. The lowest BCUT2D eigenvalue weighted by molar-refractivity contribution is -0.119. The van der Waals surface area contributed by atoms with Crippen LogP contribution < -0.4 is 25.8 Å². The Morgan fingerprint density at radius 2 is 2.21 bits per heavy atom. The summed E-state index contributed by atoms with van der Waals surface area (Å²) in [4.78, 5) is 26.0. The van der Waals surface area contributed by atoms with E-state index in [0.29, 0.717) is 36.2 Å². The number of nitrogens with zero attached hydrogens (tertiary/aromatic N) is 1. The molecule has 0 radical (unpaired) electrons. The first-order valence-corrected chi connectivity index (χ1v) is 11.3. The zero-order chi connectivity index (χ0) is 24.2. The van der Waals surface area contributed by atoms with Crippen molar-refractivity contribution in [3.05, 3.63) is 64.6 Å². The Morgan fingerprint density at radius 1 is 1.41 bits per heavy atom. The number of amides is 1. The Bertz CT molecular complexity index is 1120. The number of halogens is 2. The van der Waals surface area contributed by atoms with Crippen molar-refractivity contribution >= 4 is 29.0 Å². The van der Waals surface area contributed by atoms with Crippen LogP contribution in [0, 0.1) is 11.7 Å². The molecule has 8 nitrogen and oxygen atoms in total. The number of fused-ring (bicyclic) bond motifs is 1.